The average molecular weight is 312 g/mol. The van der Waals surface area contributed by atoms with Gasteiger partial charge in [0.1, 0.15) is 5.75 Å². The number of hydrogen-bond acceptors (Lipinski definition) is 3. The molecule has 0 radical (unpaired) electrons. The number of hydrogen-bond donors (Lipinski definition) is 2. The van der Waals surface area contributed by atoms with Crippen LogP contribution in [0.4, 0.5) is 11.4 Å². The monoisotopic (exact) mass is 312 g/mol. The van der Waals surface area contributed by atoms with E-state index in [4.69, 9.17) is 4.74 Å². The van der Waals surface area contributed by atoms with E-state index in [2.05, 4.69) is 10.6 Å². The summed E-state index contributed by atoms with van der Waals surface area (Å²) in [6.45, 7) is 3.69. The van der Waals surface area contributed by atoms with Gasteiger partial charge in [-0.25, -0.2) is 0 Å². The molecule has 2 rings (SSSR count). The molecule has 2 N–H and O–H groups in total. The molecule has 0 aliphatic carbocycles. The first-order valence-corrected chi connectivity index (χ1v) is 7.46. The van der Waals surface area contributed by atoms with E-state index >= 15 is 0 Å². The van der Waals surface area contributed by atoms with E-state index in [1.54, 1.807) is 31.2 Å². The number of ether oxygens (including phenoxy) is 1. The van der Waals surface area contributed by atoms with Gasteiger partial charge < -0.3 is 15.4 Å². The lowest BCUT2D eigenvalue weighted by atomic mass is 10.2. The predicted octanol–water partition coefficient (Wildman–Crippen LogP) is 3.36. The van der Waals surface area contributed by atoms with E-state index in [0.717, 1.165) is 5.56 Å². The molecule has 0 spiro atoms. The first-order valence-electron chi connectivity index (χ1n) is 7.46. The van der Waals surface area contributed by atoms with Crippen molar-refractivity contribution in [2.75, 3.05) is 17.2 Å². The van der Waals surface area contributed by atoms with Crippen LogP contribution in [0.2, 0.25) is 0 Å². The lowest BCUT2D eigenvalue weighted by Crippen LogP contribution is -2.20. The van der Waals surface area contributed by atoms with Gasteiger partial charge in [-0.05, 0) is 37.3 Å². The standard InChI is InChI=1S/C18H20N2O3/c1-3-17(21)19-14-5-4-6-15(11-14)20-18(22)12-23-16-9-7-13(2)8-10-16/h4-11H,3,12H2,1-2H3,(H,19,21)(H,20,22). The molecule has 120 valence electrons. The number of benzene rings is 2. The van der Waals surface area contributed by atoms with Crippen LogP contribution < -0.4 is 15.4 Å². The third-order valence-corrected chi connectivity index (χ3v) is 3.14. The lowest BCUT2D eigenvalue weighted by molar-refractivity contribution is -0.118. The van der Waals surface area contributed by atoms with Gasteiger partial charge >= 0.3 is 0 Å². The maximum absolute atomic E-state index is 11.9. The van der Waals surface area contributed by atoms with Crippen molar-refractivity contribution in [1.82, 2.24) is 0 Å². The van der Waals surface area contributed by atoms with Crippen LogP contribution in [0.3, 0.4) is 0 Å². The van der Waals surface area contributed by atoms with Gasteiger partial charge in [-0.1, -0.05) is 30.7 Å². The Morgan fingerprint density at radius 1 is 0.957 bits per heavy atom. The molecule has 2 aromatic rings. The minimum absolute atomic E-state index is 0.0730. The van der Waals surface area contributed by atoms with E-state index in [1.807, 2.05) is 31.2 Å². The van der Waals surface area contributed by atoms with Crippen LogP contribution in [0.15, 0.2) is 48.5 Å². The van der Waals surface area contributed by atoms with E-state index in [1.165, 1.54) is 0 Å². The van der Waals surface area contributed by atoms with Crippen LogP contribution in [0.5, 0.6) is 5.75 Å². The maximum atomic E-state index is 11.9. The molecule has 0 fully saturated rings. The second-order valence-corrected chi connectivity index (χ2v) is 5.13. The summed E-state index contributed by atoms with van der Waals surface area (Å²) in [5.74, 6) is 0.315. The van der Waals surface area contributed by atoms with Crippen molar-refractivity contribution in [3.63, 3.8) is 0 Å². The normalized spacial score (nSPS) is 10.0. The van der Waals surface area contributed by atoms with E-state index in [0.29, 0.717) is 23.5 Å². The number of anilines is 2. The Kier molecular flexibility index (Phi) is 5.74. The van der Waals surface area contributed by atoms with Crippen molar-refractivity contribution in [2.45, 2.75) is 20.3 Å². The van der Waals surface area contributed by atoms with Crippen LogP contribution in [0.25, 0.3) is 0 Å². The summed E-state index contributed by atoms with van der Waals surface area (Å²) >= 11 is 0. The highest BCUT2D eigenvalue weighted by atomic mass is 16.5. The lowest BCUT2D eigenvalue weighted by Gasteiger charge is -2.09. The second kappa shape index (κ2) is 7.98. The molecule has 2 aromatic carbocycles. The zero-order chi connectivity index (χ0) is 16.7. The van der Waals surface area contributed by atoms with Crippen molar-refractivity contribution in [3.8, 4) is 5.75 Å². The quantitative estimate of drug-likeness (QED) is 0.859. The topological polar surface area (TPSA) is 67.4 Å². The number of aryl methyl sites for hydroxylation is 1. The van der Waals surface area contributed by atoms with Crippen LogP contribution in [-0.2, 0) is 9.59 Å². The molecule has 0 unspecified atom stereocenters. The minimum Gasteiger partial charge on any atom is -0.484 e. The molecular formula is C18H20N2O3. The molecule has 5 nitrogen and oxygen atoms in total. The molecule has 2 amide bonds. The number of carbonyl (C=O) groups excluding carboxylic acids is 2. The van der Waals surface area contributed by atoms with Crippen molar-refractivity contribution < 1.29 is 14.3 Å². The van der Waals surface area contributed by atoms with Crippen molar-refractivity contribution >= 4 is 23.2 Å². The van der Waals surface area contributed by atoms with Crippen LogP contribution in [0.1, 0.15) is 18.9 Å². The fourth-order valence-corrected chi connectivity index (χ4v) is 1.90. The largest absolute Gasteiger partial charge is 0.484 e. The van der Waals surface area contributed by atoms with Gasteiger partial charge in [-0.15, -0.1) is 0 Å². The van der Waals surface area contributed by atoms with Crippen molar-refractivity contribution in [1.29, 1.82) is 0 Å². The van der Waals surface area contributed by atoms with E-state index in [9.17, 15) is 9.59 Å². The highest BCUT2D eigenvalue weighted by molar-refractivity contribution is 5.94. The summed E-state index contributed by atoms with van der Waals surface area (Å²) in [6, 6.07) is 14.5. The summed E-state index contributed by atoms with van der Waals surface area (Å²) < 4.78 is 5.43. The molecule has 0 saturated carbocycles. The van der Waals surface area contributed by atoms with Crippen molar-refractivity contribution in [3.05, 3.63) is 54.1 Å². The Bertz CT molecular complexity index is 681. The summed E-state index contributed by atoms with van der Waals surface area (Å²) in [4.78, 5) is 23.3. The fourth-order valence-electron chi connectivity index (χ4n) is 1.90. The Labute approximate surface area is 135 Å². The number of carbonyl (C=O) groups is 2. The first-order chi connectivity index (χ1) is 11.1. The predicted molar refractivity (Wildman–Crippen MR) is 90.7 cm³/mol. The molecule has 0 saturated heterocycles. The van der Waals surface area contributed by atoms with Gasteiger partial charge in [0.25, 0.3) is 5.91 Å². The molecule has 23 heavy (non-hydrogen) atoms. The summed E-state index contributed by atoms with van der Waals surface area (Å²) in [7, 11) is 0. The first kappa shape index (κ1) is 16.5. The zero-order valence-electron chi connectivity index (χ0n) is 13.3. The highest BCUT2D eigenvalue weighted by Gasteiger charge is 2.05. The Balaban J connectivity index is 1.88. The van der Waals surface area contributed by atoms with E-state index in [-0.39, 0.29) is 18.4 Å². The minimum atomic E-state index is -0.260. The average Bonchev–Trinajstić information content (AvgIpc) is 2.54. The third-order valence-electron chi connectivity index (χ3n) is 3.14. The molecule has 0 bridgehead atoms. The molecule has 0 aliphatic heterocycles. The van der Waals surface area contributed by atoms with Gasteiger partial charge in [0.2, 0.25) is 5.91 Å². The summed E-state index contributed by atoms with van der Waals surface area (Å²) in [6.07, 6.45) is 0.404. The summed E-state index contributed by atoms with van der Waals surface area (Å²) in [5.41, 5.74) is 2.39. The maximum Gasteiger partial charge on any atom is 0.262 e. The molecule has 0 aromatic heterocycles. The van der Waals surface area contributed by atoms with Crippen LogP contribution in [-0.4, -0.2) is 18.4 Å². The smallest absolute Gasteiger partial charge is 0.262 e. The molecule has 5 heteroatoms. The molecule has 0 atom stereocenters. The van der Waals surface area contributed by atoms with Crippen molar-refractivity contribution in [2.24, 2.45) is 0 Å². The Morgan fingerprint density at radius 2 is 1.57 bits per heavy atom. The third kappa shape index (κ3) is 5.47. The molecular weight excluding hydrogens is 292 g/mol. The second-order valence-electron chi connectivity index (χ2n) is 5.13. The molecule has 0 aliphatic rings. The fraction of sp³-hybridized carbons (Fsp3) is 0.222. The van der Waals surface area contributed by atoms with Crippen LogP contribution in [0, 0.1) is 6.92 Å². The van der Waals surface area contributed by atoms with Crippen LogP contribution >= 0.6 is 0 Å². The zero-order valence-corrected chi connectivity index (χ0v) is 13.3. The van der Waals surface area contributed by atoms with Gasteiger partial charge in [-0.2, -0.15) is 0 Å². The SMILES string of the molecule is CCC(=O)Nc1cccc(NC(=O)COc2ccc(C)cc2)c1. The Morgan fingerprint density at radius 3 is 2.17 bits per heavy atom. The van der Waals surface area contributed by atoms with Gasteiger partial charge in [0.05, 0.1) is 0 Å². The number of nitrogens with one attached hydrogen (secondary N) is 2. The van der Waals surface area contributed by atoms with Gasteiger partial charge in [0.15, 0.2) is 6.61 Å². The van der Waals surface area contributed by atoms with Gasteiger partial charge in [0, 0.05) is 17.8 Å². The van der Waals surface area contributed by atoms with Gasteiger partial charge in [-0.3, -0.25) is 9.59 Å². The summed E-state index contributed by atoms with van der Waals surface area (Å²) in [5, 5.41) is 5.49. The van der Waals surface area contributed by atoms with E-state index < -0.39 is 0 Å². The molecule has 0 heterocycles. The Hall–Kier alpha value is -2.82. The highest BCUT2D eigenvalue weighted by Crippen LogP contribution is 2.16. The number of amides is 2. The number of rotatable bonds is 6.